The van der Waals surface area contributed by atoms with Gasteiger partial charge in [-0.3, -0.25) is 4.79 Å². The number of rotatable bonds is 4. The van der Waals surface area contributed by atoms with Gasteiger partial charge < -0.3 is 19.2 Å². The molecule has 0 aliphatic carbocycles. The Labute approximate surface area is 132 Å². The van der Waals surface area contributed by atoms with Crippen molar-refractivity contribution in [3.05, 3.63) is 53.9 Å². The van der Waals surface area contributed by atoms with E-state index in [9.17, 15) is 4.79 Å². The van der Waals surface area contributed by atoms with Crippen molar-refractivity contribution >= 4 is 17.0 Å². The highest BCUT2D eigenvalue weighted by molar-refractivity contribution is 5.94. The van der Waals surface area contributed by atoms with Gasteiger partial charge >= 0.3 is 0 Å². The predicted molar refractivity (Wildman–Crippen MR) is 82.6 cm³/mol. The second-order valence-corrected chi connectivity index (χ2v) is 5.23. The highest BCUT2D eigenvalue weighted by atomic mass is 16.7. The van der Waals surface area contributed by atoms with Gasteiger partial charge in [0.1, 0.15) is 5.52 Å². The van der Waals surface area contributed by atoms with Crippen LogP contribution in [0.5, 0.6) is 11.5 Å². The summed E-state index contributed by atoms with van der Waals surface area (Å²) in [5.74, 6) is 1.14. The van der Waals surface area contributed by atoms with Crippen molar-refractivity contribution in [2.45, 2.75) is 6.42 Å². The molecule has 0 atom stereocenters. The summed E-state index contributed by atoms with van der Waals surface area (Å²) in [5, 5.41) is 2.90. The van der Waals surface area contributed by atoms with Crippen LogP contribution in [-0.2, 0) is 6.42 Å². The van der Waals surface area contributed by atoms with Gasteiger partial charge in [0.2, 0.25) is 6.79 Å². The summed E-state index contributed by atoms with van der Waals surface area (Å²) in [6, 6.07) is 11.0. The molecule has 6 nitrogen and oxygen atoms in total. The largest absolute Gasteiger partial charge is 0.454 e. The molecular weight excluding hydrogens is 296 g/mol. The average molecular weight is 310 g/mol. The zero-order chi connectivity index (χ0) is 15.6. The van der Waals surface area contributed by atoms with Crippen LogP contribution in [-0.4, -0.2) is 24.2 Å². The Hall–Kier alpha value is -3.02. The number of carbonyl (C=O) groups is 1. The first kappa shape index (κ1) is 13.6. The summed E-state index contributed by atoms with van der Waals surface area (Å²) < 4.78 is 15.8. The fourth-order valence-corrected chi connectivity index (χ4v) is 2.52. The zero-order valence-corrected chi connectivity index (χ0v) is 12.2. The molecule has 23 heavy (non-hydrogen) atoms. The number of nitrogens with zero attached hydrogens (tertiary/aromatic N) is 1. The Morgan fingerprint density at radius 3 is 3.00 bits per heavy atom. The van der Waals surface area contributed by atoms with Crippen LogP contribution in [0.25, 0.3) is 11.1 Å². The number of amides is 1. The van der Waals surface area contributed by atoms with Gasteiger partial charge in [-0.25, -0.2) is 4.98 Å². The van der Waals surface area contributed by atoms with Crippen molar-refractivity contribution < 1.29 is 18.7 Å². The molecule has 1 aromatic heterocycles. The third kappa shape index (κ3) is 2.70. The molecule has 4 rings (SSSR count). The fraction of sp³-hybridized carbons (Fsp3) is 0.176. The maximum Gasteiger partial charge on any atom is 0.251 e. The molecule has 2 aromatic carbocycles. The van der Waals surface area contributed by atoms with E-state index in [1.807, 2.05) is 18.2 Å². The van der Waals surface area contributed by atoms with Gasteiger partial charge in [-0.2, -0.15) is 0 Å². The fourth-order valence-electron chi connectivity index (χ4n) is 2.52. The Morgan fingerprint density at radius 2 is 2.04 bits per heavy atom. The van der Waals surface area contributed by atoms with E-state index in [-0.39, 0.29) is 12.7 Å². The van der Waals surface area contributed by atoms with Crippen molar-refractivity contribution in [3.8, 4) is 11.5 Å². The van der Waals surface area contributed by atoms with Gasteiger partial charge in [-0.05, 0) is 42.3 Å². The first-order valence-corrected chi connectivity index (χ1v) is 7.29. The van der Waals surface area contributed by atoms with Crippen molar-refractivity contribution in [1.82, 2.24) is 10.3 Å². The number of oxazole rings is 1. The van der Waals surface area contributed by atoms with Crippen LogP contribution in [0.4, 0.5) is 0 Å². The van der Waals surface area contributed by atoms with Gasteiger partial charge in [0.15, 0.2) is 23.5 Å². The Morgan fingerprint density at radius 1 is 1.13 bits per heavy atom. The SMILES string of the molecule is O=C(NCCc1ccc2ncoc2c1)c1ccc2c(c1)OCO2. The molecule has 1 aliphatic heterocycles. The second-order valence-electron chi connectivity index (χ2n) is 5.23. The average Bonchev–Trinajstić information content (AvgIpc) is 3.22. The van der Waals surface area contributed by atoms with E-state index in [2.05, 4.69) is 10.3 Å². The van der Waals surface area contributed by atoms with Gasteiger partial charge in [-0.15, -0.1) is 0 Å². The number of hydrogen-bond acceptors (Lipinski definition) is 5. The molecule has 3 aromatic rings. The van der Waals surface area contributed by atoms with Crippen molar-refractivity contribution in [2.24, 2.45) is 0 Å². The molecule has 1 amide bonds. The number of benzene rings is 2. The van der Waals surface area contributed by atoms with Crippen LogP contribution in [0, 0.1) is 0 Å². The van der Waals surface area contributed by atoms with Crippen molar-refractivity contribution in [1.29, 1.82) is 0 Å². The summed E-state index contributed by atoms with van der Waals surface area (Å²) in [6.45, 7) is 0.734. The van der Waals surface area contributed by atoms with Crippen LogP contribution in [0.3, 0.4) is 0 Å². The van der Waals surface area contributed by atoms with E-state index in [4.69, 9.17) is 13.9 Å². The molecule has 6 heteroatoms. The van der Waals surface area contributed by atoms with Crippen molar-refractivity contribution in [3.63, 3.8) is 0 Å². The Kier molecular flexibility index (Phi) is 3.34. The predicted octanol–water partition coefficient (Wildman–Crippen LogP) is 2.53. The van der Waals surface area contributed by atoms with Crippen molar-refractivity contribution in [2.75, 3.05) is 13.3 Å². The van der Waals surface area contributed by atoms with Gasteiger partial charge in [0.25, 0.3) is 5.91 Å². The summed E-state index contributed by atoms with van der Waals surface area (Å²) in [6.07, 6.45) is 2.14. The molecule has 1 aliphatic rings. The number of fused-ring (bicyclic) bond motifs is 2. The monoisotopic (exact) mass is 310 g/mol. The topological polar surface area (TPSA) is 73.6 Å². The van der Waals surface area contributed by atoms with Crippen LogP contribution in [0.1, 0.15) is 15.9 Å². The van der Waals surface area contributed by atoms with Crippen LogP contribution in [0.15, 0.2) is 47.2 Å². The Balaban J connectivity index is 1.37. The van der Waals surface area contributed by atoms with Gasteiger partial charge in [0.05, 0.1) is 0 Å². The normalized spacial score (nSPS) is 12.5. The molecule has 0 saturated heterocycles. The summed E-state index contributed by atoms with van der Waals surface area (Å²) >= 11 is 0. The minimum absolute atomic E-state index is 0.135. The number of carbonyl (C=O) groups excluding carboxylic acids is 1. The van der Waals surface area contributed by atoms with Gasteiger partial charge in [-0.1, -0.05) is 6.07 Å². The lowest BCUT2D eigenvalue weighted by molar-refractivity contribution is 0.0953. The summed E-state index contributed by atoms with van der Waals surface area (Å²) in [7, 11) is 0. The lowest BCUT2D eigenvalue weighted by atomic mass is 10.1. The van der Waals surface area contributed by atoms with E-state index < -0.39 is 0 Å². The first-order chi connectivity index (χ1) is 11.3. The third-order valence-electron chi connectivity index (χ3n) is 3.73. The van der Waals surface area contributed by atoms with E-state index in [1.165, 1.54) is 6.39 Å². The molecule has 0 unspecified atom stereocenters. The molecule has 116 valence electrons. The molecule has 2 heterocycles. The molecular formula is C17H14N2O4. The maximum absolute atomic E-state index is 12.2. The molecule has 1 N–H and O–H groups in total. The lowest BCUT2D eigenvalue weighted by Gasteiger charge is -2.06. The Bertz CT molecular complexity index is 872. The van der Waals surface area contributed by atoms with Gasteiger partial charge in [0, 0.05) is 12.1 Å². The highest BCUT2D eigenvalue weighted by Crippen LogP contribution is 2.32. The number of ether oxygens (including phenoxy) is 2. The first-order valence-electron chi connectivity index (χ1n) is 7.29. The van der Waals surface area contributed by atoms with E-state index in [1.54, 1.807) is 18.2 Å². The third-order valence-corrected chi connectivity index (χ3v) is 3.73. The number of hydrogen-bond donors (Lipinski definition) is 1. The van der Waals surface area contributed by atoms with E-state index in [0.717, 1.165) is 16.7 Å². The number of aromatic nitrogens is 1. The standard InChI is InChI=1S/C17H14N2O4/c20-17(12-2-4-14-16(8-12)23-10-22-14)18-6-5-11-1-3-13-15(7-11)21-9-19-13/h1-4,7-9H,5-6,10H2,(H,18,20). The van der Waals surface area contributed by atoms with E-state index in [0.29, 0.717) is 30.0 Å². The second kappa shape index (κ2) is 5.64. The molecule has 0 bridgehead atoms. The summed E-state index contributed by atoms with van der Waals surface area (Å²) in [5.41, 5.74) is 3.22. The zero-order valence-electron chi connectivity index (χ0n) is 12.2. The molecule has 0 spiro atoms. The van der Waals surface area contributed by atoms with Crippen LogP contribution < -0.4 is 14.8 Å². The lowest BCUT2D eigenvalue weighted by Crippen LogP contribution is -2.25. The van der Waals surface area contributed by atoms with E-state index >= 15 is 0 Å². The quantitative estimate of drug-likeness (QED) is 0.801. The molecule has 0 radical (unpaired) electrons. The number of nitrogens with one attached hydrogen (secondary N) is 1. The maximum atomic E-state index is 12.2. The van der Waals surface area contributed by atoms with Crippen LogP contribution in [0.2, 0.25) is 0 Å². The highest BCUT2D eigenvalue weighted by Gasteiger charge is 2.15. The smallest absolute Gasteiger partial charge is 0.251 e. The van der Waals surface area contributed by atoms with Crippen LogP contribution >= 0.6 is 0 Å². The minimum atomic E-state index is -0.135. The molecule has 0 saturated carbocycles. The summed E-state index contributed by atoms with van der Waals surface area (Å²) in [4.78, 5) is 16.2. The minimum Gasteiger partial charge on any atom is -0.454 e. The molecule has 0 fully saturated rings.